The van der Waals surface area contributed by atoms with Crippen LogP contribution in [0.25, 0.3) is 0 Å². The number of benzene rings is 2. The number of halogens is 1. The number of carbonyl (C=O) groups is 1. The summed E-state index contributed by atoms with van der Waals surface area (Å²) < 4.78 is 0. The van der Waals surface area contributed by atoms with Gasteiger partial charge in [0.2, 0.25) is 5.91 Å². The zero-order valence-electron chi connectivity index (χ0n) is 15.5. The van der Waals surface area contributed by atoms with E-state index in [2.05, 4.69) is 43.5 Å². The number of carbonyl (C=O) groups excluding carboxylic acids is 1. The van der Waals surface area contributed by atoms with Crippen LogP contribution >= 0.6 is 11.6 Å². The van der Waals surface area contributed by atoms with E-state index in [-0.39, 0.29) is 11.3 Å². The molecule has 0 spiro atoms. The van der Waals surface area contributed by atoms with Crippen LogP contribution in [0, 0.1) is 5.41 Å². The highest BCUT2D eigenvalue weighted by molar-refractivity contribution is 6.30. The highest BCUT2D eigenvalue weighted by Gasteiger charge is 2.51. The highest BCUT2D eigenvalue weighted by atomic mass is 35.5. The van der Waals surface area contributed by atoms with E-state index < -0.39 is 5.41 Å². The van der Waals surface area contributed by atoms with Gasteiger partial charge in [0.25, 0.3) is 0 Å². The van der Waals surface area contributed by atoms with Crippen LogP contribution in [-0.2, 0) is 16.6 Å². The zero-order valence-corrected chi connectivity index (χ0v) is 16.3. The van der Waals surface area contributed by atoms with Crippen molar-refractivity contribution < 1.29 is 4.79 Å². The SMILES string of the molecule is CC(C)(C)C1Cc2cc(NC(=O)C3(c4ccc(Cl)cc4)CC3)ccc2N1. The Labute approximate surface area is 160 Å². The van der Waals surface area contributed by atoms with Crippen molar-refractivity contribution >= 4 is 28.9 Å². The summed E-state index contributed by atoms with van der Waals surface area (Å²) in [6, 6.07) is 14.3. The van der Waals surface area contributed by atoms with Gasteiger partial charge in [0, 0.05) is 22.4 Å². The van der Waals surface area contributed by atoms with Gasteiger partial charge in [-0.05, 0) is 66.1 Å². The summed E-state index contributed by atoms with van der Waals surface area (Å²) in [7, 11) is 0. The molecule has 1 aliphatic carbocycles. The van der Waals surface area contributed by atoms with Gasteiger partial charge in [0.15, 0.2) is 0 Å². The molecule has 1 fully saturated rings. The van der Waals surface area contributed by atoms with E-state index >= 15 is 0 Å². The van der Waals surface area contributed by atoms with E-state index in [9.17, 15) is 4.79 Å². The molecule has 2 aromatic rings. The maximum absolute atomic E-state index is 12.9. The van der Waals surface area contributed by atoms with Gasteiger partial charge in [-0.2, -0.15) is 0 Å². The average molecular weight is 369 g/mol. The van der Waals surface area contributed by atoms with Crippen LogP contribution in [0.2, 0.25) is 5.02 Å². The molecular formula is C22H25ClN2O. The van der Waals surface area contributed by atoms with Crippen LogP contribution in [-0.4, -0.2) is 11.9 Å². The summed E-state index contributed by atoms with van der Waals surface area (Å²) in [5.74, 6) is 0.0816. The highest BCUT2D eigenvalue weighted by Crippen LogP contribution is 2.49. The van der Waals surface area contributed by atoms with Crippen molar-refractivity contribution in [3.05, 3.63) is 58.6 Å². The van der Waals surface area contributed by atoms with Gasteiger partial charge in [0.1, 0.15) is 0 Å². The lowest BCUT2D eigenvalue weighted by atomic mass is 9.85. The van der Waals surface area contributed by atoms with Crippen LogP contribution in [0.5, 0.6) is 0 Å². The van der Waals surface area contributed by atoms with Crippen molar-refractivity contribution in [2.75, 3.05) is 10.6 Å². The van der Waals surface area contributed by atoms with E-state index in [4.69, 9.17) is 11.6 Å². The number of hydrogen-bond acceptors (Lipinski definition) is 2. The van der Waals surface area contributed by atoms with E-state index in [1.807, 2.05) is 30.3 Å². The molecule has 1 amide bonds. The first-order chi connectivity index (χ1) is 12.3. The van der Waals surface area contributed by atoms with Crippen LogP contribution in [0.3, 0.4) is 0 Å². The molecule has 2 aliphatic rings. The van der Waals surface area contributed by atoms with Gasteiger partial charge in [-0.1, -0.05) is 44.5 Å². The molecule has 2 N–H and O–H groups in total. The Morgan fingerprint density at radius 3 is 2.46 bits per heavy atom. The first-order valence-corrected chi connectivity index (χ1v) is 9.63. The van der Waals surface area contributed by atoms with Crippen molar-refractivity contribution in [3.63, 3.8) is 0 Å². The third-order valence-corrected chi connectivity index (χ3v) is 6.00. The summed E-state index contributed by atoms with van der Waals surface area (Å²) in [5, 5.41) is 7.44. The zero-order chi connectivity index (χ0) is 18.5. The third kappa shape index (κ3) is 3.09. The first kappa shape index (κ1) is 17.4. The summed E-state index contributed by atoms with van der Waals surface area (Å²) in [5.41, 5.74) is 4.20. The number of amides is 1. The second-order valence-corrected chi connectivity index (χ2v) is 9.12. The lowest BCUT2D eigenvalue weighted by Crippen LogP contribution is -2.31. The number of anilines is 2. The fraction of sp³-hybridized carbons (Fsp3) is 0.409. The van der Waals surface area contributed by atoms with Crippen molar-refractivity contribution in [2.24, 2.45) is 5.41 Å². The second-order valence-electron chi connectivity index (χ2n) is 8.68. The molecule has 26 heavy (non-hydrogen) atoms. The minimum Gasteiger partial charge on any atom is -0.381 e. The van der Waals surface area contributed by atoms with Gasteiger partial charge >= 0.3 is 0 Å². The molecule has 1 aliphatic heterocycles. The number of rotatable bonds is 3. The summed E-state index contributed by atoms with van der Waals surface area (Å²) in [4.78, 5) is 12.9. The lowest BCUT2D eigenvalue weighted by Gasteiger charge is -2.27. The van der Waals surface area contributed by atoms with Gasteiger partial charge in [-0.25, -0.2) is 0 Å². The maximum atomic E-state index is 12.9. The summed E-state index contributed by atoms with van der Waals surface area (Å²) in [6.45, 7) is 6.76. The van der Waals surface area contributed by atoms with E-state index in [1.165, 1.54) is 11.3 Å². The summed E-state index contributed by atoms with van der Waals surface area (Å²) >= 11 is 5.98. The number of nitrogens with one attached hydrogen (secondary N) is 2. The molecule has 0 bridgehead atoms. The quantitative estimate of drug-likeness (QED) is 0.762. The predicted octanol–water partition coefficient (Wildman–Crippen LogP) is 5.39. The minimum absolute atomic E-state index is 0.0816. The van der Waals surface area contributed by atoms with Gasteiger partial charge in [0.05, 0.1) is 5.41 Å². The predicted molar refractivity (Wildman–Crippen MR) is 108 cm³/mol. The standard InChI is InChI=1S/C22H25ClN2O/c1-21(2,3)19-13-14-12-17(8-9-18(14)25-19)24-20(26)22(10-11-22)15-4-6-16(23)7-5-15/h4-9,12,19,25H,10-11,13H2,1-3H3,(H,24,26). The van der Waals surface area contributed by atoms with Crippen LogP contribution in [0.4, 0.5) is 11.4 Å². The Morgan fingerprint density at radius 1 is 1.15 bits per heavy atom. The van der Waals surface area contributed by atoms with Crippen molar-refractivity contribution in [2.45, 2.75) is 51.5 Å². The second kappa shape index (κ2) is 6.02. The monoisotopic (exact) mass is 368 g/mol. The topological polar surface area (TPSA) is 41.1 Å². The third-order valence-electron chi connectivity index (χ3n) is 5.74. The Morgan fingerprint density at radius 2 is 1.85 bits per heavy atom. The molecule has 4 heteroatoms. The van der Waals surface area contributed by atoms with Crippen molar-refractivity contribution in [1.82, 2.24) is 0 Å². The van der Waals surface area contributed by atoms with Crippen LogP contribution in [0.1, 0.15) is 44.7 Å². The fourth-order valence-corrected chi connectivity index (χ4v) is 3.88. The smallest absolute Gasteiger partial charge is 0.235 e. The molecule has 1 unspecified atom stereocenters. The molecule has 2 aromatic carbocycles. The Balaban J connectivity index is 1.51. The van der Waals surface area contributed by atoms with Crippen LogP contribution < -0.4 is 10.6 Å². The minimum atomic E-state index is -0.393. The van der Waals surface area contributed by atoms with Crippen LogP contribution in [0.15, 0.2) is 42.5 Å². The molecular weight excluding hydrogens is 344 g/mol. The largest absolute Gasteiger partial charge is 0.381 e. The average Bonchev–Trinajstić information content (AvgIpc) is 3.27. The molecule has 0 radical (unpaired) electrons. The number of fused-ring (bicyclic) bond motifs is 1. The maximum Gasteiger partial charge on any atom is 0.235 e. The molecule has 1 heterocycles. The van der Waals surface area contributed by atoms with Gasteiger partial charge < -0.3 is 10.6 Å². The van der Waals surface area contributed by atoms with Crippen molar-refractivity contribution in [3.8, 4) is 0 Å². The normalized spacial score (nSPS) is 20.2. The first-order valence-electron chi connectivity index (χ1n) is 9.25. The van der Waals surface area contributed by atoms with Gasteiger partial charge in [-0.15, -0.1) is 0 Å². The Bertz CT molecular complexity index is 847. The Kier molecular flexibility index (Phi) is 4.03. The van der Waals surface area contributed by atoms with Crippen molar-refractivity contribution in [1.29, 1.82) is 0 Å². The summed E-state index contributed by atoms with van der Waals surface area (Å²) in [6.07, 6.45) is 2.77. The van der Waals surface area contributed by atoms with E-state index in [1.54, 1.807) is 0 Å². The fourth-order valence-electron chi connectivity index (χ4n) is 3.75. The molecule has 0 aromatic heterocycles. The molecule has 1 saturated carbocycles. The number of hydrogen-bond donors (Lipinski definition) is 2. The van der Waals surface area contributed by atoms with E-state index in [0.717, 1.165) is 30.5 Å². The molecule has 136 valence electrons. The van der Waals surface area contributed by atoms with E-state index in [0.29, 0.717) is 11.1 Å². The van der Waals surface area contributed by atoms with Gasteiger partial charge in [-0.3, -0.25) is 4.79 Å². The molecule has 0 saturated heterocycles. The molecule has 4 rings (SSSR count). The Hall–Kier alpha value is -2.00. The molecule has 3 nitrogen and oxygen atoms in total. The lowest BCUT2D eigenvalue weighted by molar-refractivity contribution is -0.118. The molecule has 1 atom stereocenters.